The van der Waals surface area contributed by atoms with Crippen molar-refractivity contribution in [1.29, 1.82) is 0 Å². The maximum Gasteiger partial charge on any atom is 0.340 e. The molecule has 9 heteroatoms. The first-order chi connectivity index (χ1) is 14.2. The maximum absolute atomic E-state index is 14.7. The highest BCUT2D eigenvalue weighted by Crippen LogP contribution is 2.34. The predicted molar refractivity (Wildman–Crippen MR) is 111 cm³/mol. The van der Waals surface area contributed by atoms with Crippen LogP contribution in [0.5, 0.6) is 0 Å². The Bertz CT molecular complexity index is 978. The highest BCUT2D eigenvalue weighted by Gasteiger charge is 2.36. The molecule has 1 heterocycles. The lowest BCUT2D eigenvalue weighted by atomic mass is 9.84. The van der Waals surface area contributed by atoms with Gasteiger partial charge in [0.05, 0.1) is 29.9 Å². The van der Waals surface area contributed by atoms with Gasteiger partial charge in [-0.25, -0.2) is 9.18 Å². The lowest BCUT2D eigenvalue weighted by Crippen LogP contribution is -2.47. The maximum atomic E-state index is 14.7. The van der Waals surface area contributed by atoms with Gasteiger partial charge in [-0.2, -0.15) is 0 Å². The normalized spacial score (nSPS) is 15.5. The summed E-state index contributed by atoms with van der Waals surface area (Å²) in [5, 5.41) is 13.3. The molecule has 2 N–H and O–H groups in total. The van der Waals surface area contributed by atoms with Gasteiger partial charge in [0.25, 0.3) is 5.91 Å². The Morgan fingerprint density at radius 2 is 1.93 bits per heavy atom. The molecule has 0 radical (unpaired) electrons. The van der Waals surface area contributed by atoms with Gasteiger partial charge in [-0.05, 0) is 31.0 Å². The number of aromatic nitrogens is 1. The van der Waals surface area contributed by atoms with Gasteiger partial charge in [-0.1, -0.05) is 42.5 Å². The number of benzene rings is 1. The summed E-state index contributed by atoms with van der Waals surface area (Å²) >= 11 is 12.2. The topological polar surface area (TPSA) is 88.5 Å². The smallest absolute Gasteiger partial charge is 0.340 e. The predicted octanol–water partition coefficient (Wildman–Crippen LogP) is 4.29. The van der Waals surface area contributed by atoms with Crippen molar-refractivity contribution in [2.75, 3.05) is 7.11 Å². The Kier molecular flexibility index (Phi) is 6.95. The molecule has 1 aliphatic carbocycles. The first kappa shape index (κ1) is 22.5. The van der Waals surface area contributed by atoms with E-state index in [1.54, 1.807) is 0 Å². The van der Waals surface area contributed by atoms with Crippen LogP contribution in [-0.2, 0) is 16.1 Å². The van der Waals surface area contributed by atoms with Crippen molar-refractivity contribution < 1.29 is 23.8 Å². The highest BCUT2D eigenvalue weighted by atomic mass is 35.5. The standard InChI is InChI=1S/C21H21Cl2FN2O4/c1-30-19(27)18-14(8-13(22)9-15(18)23)12-7-16(24)17(25-10-12)11-26-20(28)21(29)5-3-2-4-6-21/h7-10,29H,2-6,11H2,1H3,(H,26,28). The average molecular weight is 455 g/mol. The third kappa shape index (κ3) is 4.74. The molecule has 1 aromatic carbocycles. The summed E-state index contributed by atoms with van der Waals surface area (Å²) in [6, 6.07) is 4.04. The van der Waals surface area contributed by atoms with Crippen LogP contribution in [0.4, 0.5) is 4.39 Å². The van der Waals surface area contributed by atoms with Gasteiger partial charge in [0, 0.05) is 22.3 Å². The van der Waals surface area contributed by atoms with E-state index in [4.69, 9.17) is 27.9 Å². The summed E-state index contributed by atoms with van der Waals surface area (Å²) in [5.74, 6) is -1.90. The summed E-state index contributed by atoms with van der Waals surface area (Å²) in [6.07, 6.45) is 4.66. The Hall–Kier alpha value is -2.22. The van der Waals surface area contributed by atoms with Gasteiger partial charge in [-0.15, -0.1) is 0 Å². The van der Waals surface area contributed by atoms with Crippen molar-refractivity contribution in [3.8, 4) is 11.1 Å². The van der Waals surface area contributed by atoms with E-state index < -0.39 is 23.3 Å². The monoisotopic (exact) mass is 454 g/mol. The number of aliphatic hydroxyl groups is 1. The molecular formula is C21H21Cl2FN2O4. The van der Waals surface area contributed by atoms with E-state index in [0.29, 0.717) is 12.8 Å². The lowest BCUT2D eigenvalue weighted by molar-refractivity contribution is -0.143. The van der Waals surface area contributed by atoms with Crippen molar-refractivity contribution in [3.05, 3.63) is 51.5 Å². The summed E-state index contributed by atoms with van der Waals surface area (Å²) in [6.45, 7) is -0.173. The Morgan fingerprint density at radius 3 is 2.57 bits per heavy atom. The number of nitrogens with one attached hydrogen (secondary N) is 1. The number of pyridine rings is 1. The second-order valence-electron chi connectivity index (χ2n) is 7.23. The lowest BCUT2D eigenvalue weighted by Gasteiger charge is -2.30. The molecule has 0 unspecified atom stereocenters. The van der Waals surface area contributed by atoms with E-state index >= 15 is 0 Å². The number of hydrogen-bond acceptors (Lipinski definition) is 5. The number of nitrogens with zero attached hydrogens (tertiary/aromatic N) is 1. The first-order valence-electron chi connectivity index (χ1n) is 9.48. The van der Waals surface area contributed by atoms with Gasteiger partial charge in [0.2, 0.25) is 0 Å². The molecule has 0 spiro atoms. The summed E-state index contributed by atoms with van der Waals surface area (Å²) in [5.41, 5.74) is -0.817. The Morgan fingerprint density at radius 1 is 1.23 bits per heavy atom. The zero-order chi connectivity index (χ0) is 21.9. The molecule has 30 heavy (non-hydrogen) atoms. The van der Waals surface area contributed by atoms with E-state index in [1.165, 1.54) is 31.5 Å². The van der Waals surface area contributed by atoms with Crippen LogP contribution in [-0.4, -0.2) is 34.7 Å². The van der Waals surface area contributed by atoms with Crippen molar-refractivity contribution in [2.45, 2.75) is 44.2 Å². The van der Waals surface area contributed by atoms with Crippen molar-refractivity contribution in [2.24, 2.45) is 0 Å². The molecule has 1 fully saturated rings. The molecule has 0 saturated heterocycles. The average Bonchev–Trinajstić information content (AvgIpc) is 2.72. The Labute approximate surface area is 183 Å². The van der Waals surface area contributed by atoms with Crippen LogP contribution in [0.2, 0.25) is 10.0 Å². The first-order valence-corrected chi connectivity index (χ1v) is 10.2. The quantitative estimate of drug-likeness (QED) is 0.657. The summed E-state index contributed by atoms with van der Waals surface area (Å²) in [7, 11) is 1.21. The van der Waals surface area contributed by atoms with Crippen LogP contribution in [0.3, 0.4) is 0 Å². The third-order valence-electron chi connectivity index (χ3n) is 5.19. The molecule has 0 bridgehead atoms. The number of esters is 1. The molecule has 1 amide bonds. The molecule has 3 rings (SSSR count). The van der Waals surface area contributed by atoms with Gasteiger partial charge >= 0.3 is 5.97 Å². The zero-order valence-corrected chi connectivity index (χ0v) is 17.8. The van der Waals surface area contributed by atoms with Crippen LogP contribution < -0.4 is 5.32 Å². The summed E-state index contributed by atoms with van der Waals surface area (Å²) < 4.78 is 19.4. The molecule has 0 aliphatic heterocycles. The number of hydrogen-bond donors (Lipinski definition) is 2. The largest absolute Gasteiger partial charge is 0.465 e. The molecule has 2 aromatic rings. The van der Waals surface area contributed by atoms with Crippen LogP contribution >= 0.6 is 23.2 Å². The number of rotatable bonds is 5. The fourth-order valence-electron chi connectivity index (χ4n) is 3.55. The molecule has 6 nitrogen and oxygen atoms in total. The number of methoxy groups -OCH3 is 1. The van der Waals surface area contributed by atoms with Crippen molar-refractivity contribution in [1.82, 2.24) is 10.3 Å². The van der Waals surface area contributed by atoms with Gasteiger partial charge < -0.3 is 15.2 Å². The second-order valence-corrected chi connectivity index (χ2v) is 8.07. The number of carbonyl (C=O) groups excluding carboxylic acids is 2. The van der Waals surface area contributed by atoms with Crippen LogP contribution in [0.1, 0.15) is 48.2 Å². The molecule has 160 valence electrons. The van der Waals surface area contributed by atoms with E-state index in [1.807, 2.05) is 0 Å². The SMILES string of the molecule is COC(=O)c1c(Cl)cc(Cl)cc1-c1cnc(CNC(=O)C2(O)CCCCC2)c(F)c1. The molecule has 1 aromatic heterocycles. The number of amides is 1. The van der Waals surface area contributed by atoms with E-state index in [0.717, 1.165) is 19.3 Å². The van der Waals surface area contributed by atoms with Gasteiger partial charge in [0.15, 0.2) is 0 Å². The fourth-order valence-corrected chi connectivity index (χ4v) is 4.12. The molecule has 1 saturated carbocycles. The number of halogens is 3. The minimum atomic E-state index is -1.42. The highest BCUT2D eigenvalue weighted by molar-refractivity contribution is 6.37. The minimum absolute atomic E-state index is 0.000692. The zero-order valence-electron chi connectivity index (χ0n) is 16.3. The molecule has 0 atom stereocenters. The second kappa shape index (κ2) is 9.29. The van der Waals surface area contributed by atoms with Gasteiger partial charge in [0.1, 0.15) is 11.4 Å². The van der Waals surface area contributed by atoms with E-state index in [2.05, 4.69) is 10.3 Å². The van der Waals surface area contributed by atoms with Crippen molar-refractivity contribution >= 4 is 35.1 Å². The van der Waals surface area contributed by atoms with Crippen LogP contribution in [0, 0.1) is 5.82 Å². The van der Waals surface area contributed by atoms with E-state index in [-0.39, 0.29) is 39.0 Å². The van der Waals surface area contributed by atoms with E-state index in [9.17, 15) is 19.1 Å². The van der Waals surface area contributed by atoms with Crippen LogP contribution in [0.25, 0.3) is 11.1 Å². The number of carbonyl (C=O) groups is 2. The molecular weight excluding hydrogens is 434 g/mol. The summed E-state index contributed by atoms with van der Waals surface area (Å²) in [4.78, 5) is 28.5. The van der Waals surface area contributed by atoms with Gasteiger partial charge in [-0.3, -0.25) is 9.78 Å². The molecule has 1 aliphatic rings. The minimum Gasteiger partial charge on any atom is -0.465 e. The Balaban J connectivity index is 1.83. The van der Waals surface area contributed by atoms with Crippen LogP contribution in [0.15, 0.2) is 24.4 Å². The third-order valence-corrected chi connectivity index (χ3v) is 5.71. The fraction of sp³-hybridized carbons (Fsp3) is 0.381. The van der Waals surface area contributed by atoms with Crippen molar-refractivity contribution in [3.63, 3.8) is 0 Å². The number of ether oxygens (including phenoxy) is 1.